The molecule has 0 saturated heterocycles. The number of ketones is 1. The van der Waals surface area contributed by atoms with Crippen LogP contribution in [0.3, 0.4) is 0 Å². The molecule has 0 aliphatic carbocycles. The second-order valence-electron chi connectivity index (χ2n) is 4.89. The summed E-state index contributed by atoms with van der Waals surface area (Å²) in [5.41, 5.74) is 1.19. The van der Waals surface area contributed by atoms with E-state index < -0.39 is 5.41 Å². The van der Waals surface area contributed by atoms with E-state index in [0.29, 0.717) is 5.56 Å². The van der Waals surface area contributed by atoms with Gasteiger partial charge in [-0.05, 0) is 6.92 Å². The number of hydrogen-bond acceptors (Lipinski definition) is 2. The predicted molar refractivity (Wildman–Crippen MR) is 64.5 cm³/mol. The fourth-order valence-electron chi connectivity index (χ4n) is 1.41. The molecule has 0 heterocycles. The summed E-state index contributed by atoms with van der Waals surface area (Å²) in [6.45, 7) is 7.36. The maximum absolute atomic E-state index is 12.1. The van der Waals surface area contributed by atoms with Crippen molar-refractivity contribution in [3.05, 3.63) is 35.4 Å². The standard InChI is InChI=1S/C14H18O2/c1-10-5-7-12(8-6-10)13(16)11(2)14(3,4)9-15/h5-9,11H,1-4H3/t11-/m1/s1. The van der Waals surface area contributed by atoms with Gasteiger partial charge in [0.1, 0.15) is 6.29 Å². The van der Waals surface area contributed by atoms with Crippen molar-refractivity contribution in [1.82, 2.24) is 0 Å². The van der Waals surface area contributed by atoms with Crippen LogP contribution in [0.25, 0.3) is 0 Å². The van der Waals surface area contributed by atoms with Crippen molar-refractivity contribution in [2.75, 3.05) is 0 Å². The summed E-state index contributed by atoms with van der Waals surface area (Å²) in [6, 6.07) is 7.45. The van der Waals surface area contributed by atoms with Crippen LogP contribution in [0.4, 0.5) is 0 Å². The number of aldehydes is 1. The van der Waals surface area contributed by atoms with Crippen molar-refractivity contribution >= 4 is 12.1 Å². The first kappa shape index (κ1) is 12.6. The second-order valence-corrected chi connectivity index (χ2v) is 4.89. The zero-order chi connectivity index (χ0) is 12.3. The van der Waals surface area contributed by atoms with Crippen LogP contribution in [0.1, 0.15) is 36.7 Å². The van der Waals surface area contributed by atoms with Crippen LogP contribution in [-0.2, 0) is 4.79 Å². The minimum atomic E-state index is -0.609. The SMILES string of the molecule is Cc1ccc(C(=O)[C@@H](C)C(C)(C)C=O)cc1. The van der Waals surface area contributed by atoms with Gasteiger partial charge < -0.3 is 4.79 Å². The van der Waals surface area contributed by atoms with Crippen LogP contribution in [0.2, 0.25) is 0 Å². The first-order valence-electron chi connectivity index (χ1n) is 5.45. The lowest BCUT2D eigenvalue weighted by molar-refractivity contribution is -0.116. The molecule has 0 bridgehead atoms. The van der Waals surface area contributed by atoms with E-state index in [0.717, 1.165) is 11.8 Å². The second kappa shape index (κ2) is 4.60. The molecule has 1 aromatic carbocycles. The Bertz CT molecular complexity index is 388. The van der Waals surface area contributed by atoms with Crippen molar-refractivity contribution < 1.29 is 9.59 Å². The van der Waals surface area contributed by atoms with Crippen LogP contribution in [0.15, 0.2) is 24.3 Å². The molecule has 0 aliphatic heterocycles. The van der Waals surface area contributed by atoms with Gasteiger partial charge in [0.25, 0.3) is 0 Å². The van der Waals surface area contributed by atoms with Gasteiger partial charge in [-0.15, -0.1) is 0 Å². The van der Waals surface area contributed by atoms with E-state index in [1.54, 1.807) is 20.8 Å². The Kier molecular flexibility index (Phi) is 3.63. The van der Waals surface area contributed by atoms with Crippen LogP contribution < -0.4 is 0 Å². The summed E-state index contributed by atoms with van der Waals surface area (Å²) in [4.78, 5) is 23.0. The Morgan fingerprint density at radius 2 is 1.75 bits per heavy atom. The van der Waals surface area contributed by atoms with Gasteiger partial charge >= 0.3 is 0 Å². The molecule has 16 heavy (non-hydrogen) atoms. The average Bonchev–Trinajstić information content (AvgIpc) is 2.28. The van der Waals surface area contributed by atoms with Crippen LogP contribution >= 0.6 is 0 Å². The molecule has 1 aromatic rings. The highest BCUT2D eigenvalue weighted by atomic mass is 16.1. The molecule has 0 unspecified atom stereocenters. The molecule has 86 valence electrons. The normalized spacial score (nSPS) is 13.2. The third-order valence-electron chi connectivity index (χ3n) is 3.15. The third kappa shape index (κ3) is 2.57. The Labute approximate surface area is 96.7 Å². The Balaban J connectivity index is 2.94. The van der Waals surface area contributed by atoms with Crippen molar-refractivity contribution in [3.63, 3.8) is 0 Å². The van der Waals surface area contributed by atoms with Crippen LogP contribution in [0.5, 0.6) is 0 Å². The quantitative estimate of drug-likeness (QED) is 0.575. The van der Waals surface area contributed by atoms with Gasteiger partial charge in [0.05, 0.1) is 0 Å². The lowest BCUT2D eigenvalue weighted by atomic mass is 9.77. The molecular weight excluding hydrogens is 200 g/mol. The lowest BCUT2D eigenvalue weighted by Crippen LogP contribution is -2.30. The number of benzene rings is 1. The first-order chi connectivity index (χ1) is 7.38. The molecule has 1 rings (SSSR count). The van der Waals surface area contributed by atoms with Gasteiger partial charge in [0.15, 0.2) is 5.78 Å². The van der Waals surface area contributed by atoms with E-state index in [4.69, 9.17) is 0 Å². The van der Waals surface area contributed by atoms with E-state index in [1.165, 1.54) is 0 Å². The molecule has 0 aromatic heterocycles. The topological polar surface area (TPSA) is 34.1 Å². The number of rotatable bonds is 4. The molecular formula is C14H18O2. The minimum absolute atomic E-state index is 0.0251. The molecule has 0 saturated carbocycles. The monoisotopic (exact) mass is 218 g/mol. The highest BCUT2D eigenvalue weighted by Crippen LogP contribution is 2.27. The number of hydrogen-bond donors (Lipinski definition) is 0. The summed E-state index contributed by atoms with van der Waals surface area (Å²) in [5, 5.41) is 0. The molecule has 0 spiro atoms. The smallest absolute Gasteiger partial charge is 0.166 e. The molecule has 2 heteroatoms. The summed E-state index contributed by atoms with van der Waals surface area (Å²) < 4.78 is 0. The number of carbonyl (C=O) groups excluding carboxylic acids is 2. The molecule has 0 N–H and O–H groups in total. The first-order valence-corrected chi connectivity index (χ1v) is 5.45. The van der Waals surface area contributed by atoms with Crippen LogP contribution in [0, 0.1) is 18.3 Å². The fourth-order valence-corrected chi connectivity index (χ4v) is 1.41. The summed E-state index contributed by atoms with van der Waals surface area (Å²) in [6.07, 6.45) is 0.851. The van der Waals surface area contributed by atoms with E-state index in [1.807, 2.05) is 31.2 Å². The van der Waals surface area contributed by atoms with Gasteiger partial charge in [-0.3, -0.25) is 4.79 Å². The van der Waals surface area contributed by atoms with E-state index in [-0.39, 0.29) is 11.7 Å². The Morgan fingerprint density at radius 3 is 2.19 bits per heavy atom. The highest BCUT2D eigenvalue weighted by molar-refractivity contribution is 5.99. The highest BCUT2D eigenvalue weighted by Gasteiger charge is 2.31. The van der Waals surface area contributed by atoms with Crippen molar-refractivity contribution in [3.8, 4) is 0 Å². The molecule has 0 aliphatic rings. The average molecular weight is 218 g/mol. The summed E-state index contributed by atoms with van der Waals surface area (Å²) >= 11 is 0. The summed E-state index contributed by atoms with van der Waals surface area (Å²) in [7, 11) is 0. The fraction of sp³-hybridized carbons (Fsp3) is 0.429. The van der Waals surface area contributed by atoms with E-state index >= 15 is 0 Å². The molecule has 0 radical (unpaired) electrons. The maximum atomic E-state index is 12.1. The van der Waals surface area contributed by atoms with Crippen molar-refractivity contribution in [1.29, 1.82) is 0 Å². The van der Waals surface area contributed by atoms with E-state index in [2.05, 4.69) is 0 Å². The maximum Gasteiger partial charge on any atom is 0.166 e. The zero-order valence-electron chi connectivity index (χ0n) is 10.3. The molecule has 0 amide bonds. The van der Waals surface area contributed by atoms with E-state index in [9.17, 15) is 9.59 Å². The Hall–Kier alpha value is -1.44. The van der Waals surface area contributed by atoms with Crippen molar-refractivity contribution in [2.45, 2.75) is 27.7 Å². The van der Waals surface area contributed by atoms with Gasteiger partial charge in [0.2, 0.25) is 0 Å². The van der Waals surface area contributed by atoms with Gasteiger partial charge in [0, 0.05) is 16.9 Å². The molecule has 1 atom stereocenters. The number of aryl methyl sites for hydroxylation is 1. The van der Waals surface area contributed by atoms with Crippen LogP contribution in [-0.4, -0.2) is 12.1 Å². The summed E-state index contributed by atoms with van der Waals surface area (Å²) in [5.74, 6) is -0.273. The number of carbonyl (C=O) groups is 2. The zero-order valence-corrected chi connectivity index (χ0v) is 10.3. The van der Waals surface area contributed by atoms with Gasteiger partial charge in [-0.2, -0.15) is 0 Å². The third-order valence-corrected chi connectivity index (χ3v) is 3.15. The largest absolute Gasteiger partial charge is 0.303 e. The Morgan fingerprint density at radius 1 is 1.25 bits per heavy atom. The van der Waals surface area contributed by atoms with Gasteiger partial charge in [-0.25, -0.2) is 0 Å². The molecule has 0 fully saturated rings. The number of Topliss-reactive ketones (excluding diaryl/α,β-unsaturated/α-hetero) is 1. The minimum Gasteiger partial charge on any atom is -0.303 e. The predicted octanol–water partition coefficient (Wildman–Crippen LogP) is 3.04. The molecule has 2 nitrogen and oxygen atoms in total. The van der Waals surface area contributed by atoms with Crippen molar-refractivity contribution in [2.24, 2.45) is 11.3 Å². The van der Waals surface area contributed by atoms with Gasteiger partial charge in [-0.1, -0.05) is 50.6 Å². The lowest BCUT2D eigenvalue weighted by Gasteiger charge is -2.24.